The first-order valence-corrected chi connectivity index (χ1v) is 9.69. The fraction of sp³-hybridized carbons (Fsp3) is 0.421. The van der Waals surface area contributed by atoms with Crippen molar-refractivity contribution in [2.75, 3.05) is 32.1 Å². The maximum atomic E-state index is 12.1. The number of ether oxygens (including phenoxy) is 1. The summed E-state index contributed by atoms with van der Waals surface area (Å²) < 4.78 is 8.07. The molecule has 0 aliphatic rings. The molecule has 0 spiro atoms. The Balaban J connectivity index is 1.83. The number of fused-ring (bicyclic) bond motifs is 1. The standard InChI is InChI=1S/C19H25N5O2S/c1-12(2)10-20-16(25)11-23(4)19-21-18-17(27-19)13(3)22-24(18)14-6-8-15(26-5)9-7-14/h6-9,12H,10-11H2,1-5H3,(H,20,25). The molecule has 2 aromatic heterocycles. The number of aryl methyl sites for hydroxylation is 1. The number of methoxy groups -OCH3 is 1. The molecule has 0 aliphatic carbocycles. The van der Waals surface area contributed by atoms with Crippen molar-refractivity contribution in [3.63, 3.8) is 0 Å². The number of likely N-dealkylation sites (N-methyl/N-ethyl adjacent to an activating group) is 1. The number of anilines is 1. The molecule has 1 amide bonds. The molecule has 7 nitrogen and oxygen atoms in total. The number of aromatic nitrogens is 3. The third-order valence-electron chi connectivity index (χ3n) is 4.11. The average molecular weight is 388 g/mol. The first-order chi connectivity index (χ1) is 12.9. The van der Waals surface area contributed by atoms with Gasteiger partial charge in [-0.05, 0) is 37.1 Å². The molecule has 0 aliphatic heterocycles. The summed E-state index contributed by atoms with van der Waals surface area (Å²) in [5.41, 5.74) is 2.64. The molecular formula is C19H25N5O2S. The van der Waals surface area contributed by atoms with Crippen LogP contribution in [0.2, 0.25) is 0 Å². The zero-order chi connectivity index (χ0) is 19.6. The van der Waals surface area contributed by atoms with Crippen molar-refractivity contribution in [2.24, 2.45) is 5.92 Å². The minimum atomic E-state index is -0.000964. The first kappa shape index (κ1) is 19.2. The van der Waals surface area contributed by atoms with E-state index in [0.717, 1.165) is 32.6 Å². The monoisotopic (exact) mass is 387 g/mol. The second kappa shape index (κ2) is 7.96. The van der Waals surface area contributed by atoms with Gasteiger partial charge in [-0.15, -0.1) is 0 Å². The van der Waals surface area contributed by atoms with Crippen molar-refractivity contribution < 1.29 is 9.53 Å². The van der Waals surface area contributed by atoms with Crippen LogP contribution in [0.1, 0.15) is 19.5 Å². The van der Waals surface area contributed by atoms with Crippen LogP contribution in [0.3, 0.4) is 0 Å². The minimum absolute atomic E-state index is 0.000964. The van der Waals surface area contributed by atoms with Gasteiger partial charge in [0.15, 0.2) is 10.8 Å². The molecule has 0 saturated heterocycles. The van der Waals surface area contributed by atoms with Crippen LogP contribution >= 0.6 is 11.3 Å². The van der Waals surface area contributed by atoms with Crippen LogP contribution in [0.5, 0.6) is 5.75 Å². The van der Waals surface area contributed by atoms with Gasteiger partial charge in [-0.1, -0.05) is 25.2 Å². The van der Waals surface area contributed by atoms with E-state index in [2.05, 4.69) is 24.3 Å². The van der Waals surface area contributed by atoms with E-state index >= 15 is 0 Å². The lowest BCUT2D eigenvalue weighted by Crippen LogP contribution is -2.36. The molecule has 3 aromatic rings. The number of hydrogen-bond acceptors (Lipinski definition) is 6. The van der Waals surface area contributed by atoms with Crippen molar-refractivity contribution >= 4 is 32.7 Å². The van der Waals surface area contributed by atoms with E-state index in [-0.39, 0.29) is 12.5 Å². The number of benzene rings is 1. The van der Waals surface area contributed by atoms with Crippen LogP contribution in [0.25, 0.3) is 16.0 Å². The molecule has 0 atom stereocenters. The molecule has 8 heteroatoms. The van der Waals surface area contributed by atoms with Crippen molar-refractivity contribution in [2.45, 2.75) is 20.8 Å². The first-order valence-electron chi connectivity index (χ1n) is 8.87. The summed E-state index contributed by atoms with van der Waals surface area (Å²) in [6, 6.07) is 7.70. The fourth-order valence-corrected chi connectivity index (χ4v) is 3.59. The number of hydrogen-bond donors (Lipinski definition) is 1. The molecule has 3 rings (SSSR count). The van der Waals surface area contributed by atoms with Gasteiger partial charge in [0, 0.05) is 13.6 Å². The molecule has 1 aromatic carbocycles. The predicted octanol–water partition coefficient (Wildman–Crippen LogP) is 3.01. The number of nitrogens with zero attached hydrogens (tertiary/aromatic N) is 4. The second-order valence-electron chi connectivity index (χ2n) is 6.90. The van der Waals surface area contributed by atoms with E-state index in [1.54, 1.807) is 18.4 Å². The molecular weight excluding hydrogens is 362 g/mol. The number of nitrogens with one attached hydrogen (secondary N) is 1. The van der Waals surface area contributed by atoms with Crippen molar-refractivity contribution in [3.05, 3.63) is 30.0 Å². The third-order valence-corrected chi connectivity index (χ3v) is 5.38. The minimum Gasteiger partial charge on any atom is -0.497 e. The van der Waals surface area contributed by atoms with E-state index in [9.17, 15) is 4.79 Å². The summed E-state index contributed by atoms with van der Waals surface area (Å²) in [6.45, 7) is 7.08. The molecule has 1 N–H and O–H groups in total. The van der Waals surface area contributed by atoms with Gasteiger partial charge in [0.05, 0.1) is 29.7 Å². The Morgan fingerprint density at radius 1 is 1.33 bits per heavy atom. The van der Waals surface area contributed by atoms with Crippen LogP contribution < -0.4 is 15.0 Å². The summed E-state index contributed by atoms with van der Waals surface area (Å²) >= 11 is 1.55. The quantitative estimate of drug-likeness (QED) is 0.675. The maximum Gasteiger partial charge on any atom is 0.239 e. The largest absolute Gasteiger partial charge is 0.497 e. The highest BCUT2D eigenvalue weighted by Gasteiger charge is 2.18. The molecule has 27 heavy (non-hydrogen) atoms. The lowest BCUT2D eigenvalue weighted by Gasteiger charge is -2.16. The Bertz CT molecular complexity index is 930. The smallest absolute Gasteiger partial charge is 0.239 e. The number of rotatable bonds is 7. The van der Waals surface area contributed by atoms with Gasteiger partial charge in [-0.25, -0.2) is 4.68 Å². The van der Waals surface area contributed by atoms with Gasteiger partial charge in [0.2, 0.25) is 5.91 Å². The Kier molecular flexibility index (Phi) is 5.65. The molecule has 0 unspecified atom stereocenters. The van der Waals surface area contributed by atoms with Gasteiger partial charge in [0.1, 0.15) is 5.75 Å². The summed E-state index contributed by atoms with van der Waals surface area (Å²) in [7, 11) is 3.53. The Morgan fingerprint density at radius 3 is 2.67 bits per heavy atom. The summed E-state index contributed by atoms with van der Waals surface area (Å²) in [5.74, 6) is 1.23. The van der Waals surface area contributed by atoms with Crippen molar-refractivity contribution in [1.29, 1.82) is 0 Å². The second-order valence-corrected chi connectivity index (χ2v) is 7.88. The lowest BCUT2D eigenvalue weighted by molar-refractivity contribution is -0.119. The molecule has 0 fully saturated rings. The van der Waals surface area contributed by atoms with Gasteiger partial charge < -0.3 is 15.0 Å². The SMILES string of the molecule is COc1ccc(-n2nc(C)c3sc(N(C)CC(=O)NCC(C)C)nc32)cc1. The van der Waals surface area contributed by atoms with E-state index in [1.807, 2.05) is 47.8 Å². The maximum absolute atomic E-state index is 12.1. The lowest BCUT2D eigenvalue weighted by atomic mass is 10.2. The van der Waals surface area contributed by atoms with E-state index in [0.29, 0.717) is 12.5 Å². The normalized spacial score (nSPS) is 11.2. The van der Waals surface area contributed by atoms with Gasteiger partial charge in [0.25, 0.3) is 0 Å². The van der Waals surface area contributed by atoms with Gasteiger partial charge >= 0.3 is 0 Å². The average Bonchev–Trinajstić information content (AvgIpc) is 3.21. The van der Waals surface area contributed by atoms with Crippen molar-refractivity contribution in [3.8, 4) is 11.4 Å². The van der Waals surface area contributed by atoms with Crippen LogP contribution in [-0.4, -0.2) is 47.9 Å². The predicted molar refractivity (Wildman–Crippen MR) is 109 cm³/mol. The summed E-state index contributed by atoms with van der Waals surface area (Å²) in [6.07, 6.45) is 0. The molecule has 144 valence electrons. The van der Waals surface area contributed by atoms with Gasteiger partial charge in [-0.3, -0.25) is 4.79 Å². The van der Waals surface area contributed by atoms with Crippen LogP contribution in [-0.2, 0) is 4.79 Å². The van der Waals surface area contributed by atoms with E-state index < -0.39 is 0 Å². The zero-order valence-electron chi connectivity index (χ0n) is 16.3. The van der Waals surface area contributed by atoms with E-state index in [4.69, 9.17) is 9.72 Å². The number of thiazole rings is 1. The zero-order valence-corrected chi connectivity index (χ0v) is 17.1. The van der Waals surface area contributed by atoms with Crippen molar-refractivity contribution in [1.82, 2.24) is 20.1 Å². The molecule has 2 heterocycles. The number of carbonyl (C=O) groups is 1. The van der Waals surface area contributed by atoms with Crippen LogP contribution in [0, 0.1) is 12.8 Å². The Morgan fingerprint density at radius 2 is 2.04 bits per heavy atom. The third kappa shape index (κ3) is 4.21. The van der Waals surface area contributed by atoms with Gasteiger partial charge in [-0.2, -0.15) is 10.1 Å². The highest BCUT2D eigenvalue weighted by molar-refractivity contribution is 7.22. The number of amides is 1. The fourth-order valence-electron chi connectivity index (χ4n) is 2.65. The molecule has 0 radical (unpaired) electrons. The summed E-state index contributed by atoms with van der Waals surface area (Å²) in [5, 5.41) is 8.35. The topological polar surface area (TPSA) is 72.3 Å². The molecule has 0 saturated carbocycles. The number of carbonyl (C=O) groups excluding carboxylic acids is 1. The van der Waals surface area contributed by atoms with Crippen LogP contribution in [0.4, 0.5) is 5.13 Å². The Labute approximate surface area is 163 Å². The highest BCUT2D eigenvalue weighted by Crippen LogP contribution is 2.32. The molecule has 0 bridgehead atoms. The summed E-state index contributed by atoms with van der Waals surface area (Å²) in [4.78, 5) is 18.7. The Hall–Kier alpha value is -2.61. The van der Waals surface area contributed by atoms with E-state index in [1.165, 1.54) is 0 Å². The highest BCUT2D eigenvalue weighted by atomic mass is 32.1. The van der Waals surface area contributed by atoms with Crippen LogP contribution in [0.15, 0.2) is 24.3 Å².